The Labute approximate surface area is 130 Å². The van der Waals surface area contributed by atoms with Gasteiger partial charge in [0, 0.05) is 12.4 Å². The molecule has 0 aliphatic rings. The molecule has 0 fully saturated rings. The minimum atomic E-state index is -0.282. The molecule has 0 aromatic carbocycles. The van der Waals surface area contributed by atoms with E-state index in [4.69, 9.17) is 4.52 Å². The van der Waals surface area contributed by atoms with Gasteiger partial charge in [-0.3, -0.25) is 4.79 Å². The van der Waals surface area contributed by atoms with Crippen LogP contribution >= 0.6 is 11.8 Å². The molecule has 3 aromatic rings. The van der Waals surface area contributed by atoms with Gasteiger partial charge in [-0.1, -0.05) is 5.16 Å². The van der Waals surface area contributed by atoms with E-state index in [1.54, 1.807) is 22.5 Å². The van der Waals surface area contributed by atoms with E-state index in [1.165, 1.54) is 6.20 Å². The molecular formula is C13H14N6O2S. The highest BCUT2D eigenvalue weighted by molar-refractivity contribution is 7.97. The quantitative estimate of drug-likeness (QED) is 0.755. The van der Waals surface area contributed by atoms with Crippen LogP contribution in [0.25, 0.3) is 5.65 Å². The van der Waals surface area contributed by atoms with Gasteiger partial charge < -0.3 is 9.84 Å². The zero-order valence-electron chi connectivity index (χ0n) is 12.1. The largest absolute Gasteiger partial charge is 0.343 e. The summed E-state index contributed by atoms with van der Waals surface area (Å²) in [6, 6.07) is 0. The van der Waals surface area contributed by atoms with Crippen molar-refractivity contribution < 1.29 is 9.32 Å². The first-order valence-corrected chi connectivity index (χ1v) is 7.95. The standard InChI is InChI=1S/C13H14N6O2S/c1-8-3-14-12-9(4-16-19(12)6-8)13(20)15-5-11-17-10(7-22-2)18-21-11/h3-4,6H,5,7H2,1-2H3,(H,15,20). The molecule has 114 valence electrons. The monoisotopic (exact) mass is 318 g/mol. The Hall–Kier alpha value is -2.42. The van der Waals surface area contributed by atoms with Gasteiger partial charge in [0.2, 0.25) is 5.89 Å². The maximum atomic E-state index is 12.2. The van der Waals surface area contributed by atoms with Gasteiger partial charge in [0.1, 0.15) is 5.56 Å². The van der Waals surface area contributed by atoms with Gasteiger partial charge >= 0.3 is 0 Å². The van der Waals surface area contributed by atoms with Crippen LogP contribution in [0.1, 0.15) is 27.6 Å². The van der Waals surface area contributed by atoms with Crippen LogP contribution in [0.2, 0.25) is 0 Å². The highest BCUT2D eigenvalue weighted by Crippen LogP contribution is 2.09. The fraction of sp³-hybridized carbons (Fsp3) is 0.308. The predicted octanol–water partition coefficient (Wildman–Crippen LogP) is 1.21. The van der Waals surface area contributed by atoms with E-state index in [0.29, 0.717) is 28.7 Å². The van der Waals surface area contributed by atoms with Crippen molar-refractivity contribution in [3.05, 3.63) is 41.4 Å². The summed E-state index contributed by atoms with van der Waals surface area (Å²) in [5.41, 5.74) is 1.88. The number of carbonyl (C=O) groups is 1. The average molecular weight is 318 g/mol. The number of hydrogen-bond acceptors (Lipinski definition) is 7. The lowest BCUT2D eigenvalue weighted by molar-refractivity contribution is 0.0947. The molecule has 0 spiro atoms. The van der Waals surface area contributed by atoms with E-state index >= 15 is 0 Å². The van der Waals surface area contributed by atoms with Crippen LogP contribution in [0, 0.1) is 6.92 Å². The van der Waals surface area contributed by atoms with E-state index in [1.807, 2.05) is 19.4 Å². The molecule has 1 N–H and O–H groups in total. The lowest BCUT2D eigenvalue weighted by Crippen LogP contribution is -2.23. The summed E-state index contributed by atoms with van der Waals surface area (Å²) in [4.78, 5) is 20.6. The fourth-order valence-electron chi connectivity index (χ4n) is 1.93. The first-order valence-electron chi connectivity index (χ1n) is 6.56. The zero-order chi connectivity index (χ0) is 15.5. The van der Waals surface area contributed by atoms with Crippen molar-refractivity contribution in [3.63, 3.8) is 0 Å². The molecule has 22 heavy (non-hydrogen) atoms. The second-order valence-corrected chi connectivity index (χ2v) is 5.54. The van der Waals surface area contributed by atoms with E-state index < -0.39 is 0 Å². The molecule has 8 nitrogen and oxygen atoms in total. The molecule has 3 aromatic heterocycles. The number of nitrogens with one attached hydrogen (secondary N) is 1. The molecule has 0 saturated heterocycles. The number of amides is 1. The lowest BCUT2D eigenvalue weighted by atomic mass is 10.3. The van der Waals surface area contributed by atoms with Crippen LogP contribution in [0.5, 0.6) is 0 Å². The number of nitrogens with zero attached hydrogens (tertiary/aromatic N) is 5. The molecule has 0 unspecified atom stereocenters. The summed E-state index contributed by atoms with van der Waals surface area (Å²) in [5, 5.41) is 10.7. The minimum absolute atomic E-state index is 0.170. The summed E-state index contributed by atoms with van der Waals surface area (Å²) in [6.45, 7) is 2.08. The molecule has 0 radical (unpaired) electrons. The molecule has 0 atom stereocenters. The molecule has 9 heteroatoms. The van der Waals surface area contributed by atoms with E-state index in [2.05, 4.69) is 25.5 Å². The summed E-state index contributed by atoms with van der Waals surface area (Å²) >= 11 is 1.60. The Balaban J connectivity index is 1.70. The second-order valence-electron chi connectivity index (χ2n) is 4.68. The first-order chi connectivity index (χ1) is 10.7. The number of aromatic nitrogens is 5. The fourth-order valence-corrected chi connectivity index (χ4v) is 2.30. The molecule has 1 amide bonds. The zero-order valence-corrected chi connectivity index (χ0v) is 12.9. The minimum Gasteiger partial charge on any atom is -0.343 e. The number of fused-ring (bicyclic) bond motifs is 1. The number of hydrogen-bond donors (Lipinski definition) is 1. The third kappa shape index (κ3) is 2.93. The number of rotatable bonds is 5. The van der Waals surface area contributed by atoms with Crippen LogP contribution in [-0.2, 0) is 12.3 Å². The number of thioether (sulfide) groups is 1. The van der Waals surface area contributed by atoms with Crippen LogP contribution < -0.4 is 5.32 Å². The van der Waals surface area contributed by atoms with Gasteiger partial charge in [-0.15, -0.1) is 0 Å². The Bertz CT molecular complexity index is 812. The third-order valence-electron chi connectivity index (χ3n) is 2.91. The third-order valence-corrected chi connectivity index (χ3v) is 3.46. The predicted molar refractivity (Wildman–Crippen MR) is 80.4 cm³/mol. The van der Waals surface area contributed by atoms with Crippen LogP contribution in [-0.4, -0.2) is 36.9 Å². The van der Waals surface area contributed by atoms with Crippen molar-refractivity contribution in [1.29, 1.82) is 0 Å². The van der Waals surface area contributed by atoms with Crippen molar-refractivity contribution in [3.8, 4) is 0 Å². The maximum Gasteiger partial charge on any atom is 0.257 e. The first kappa shape index (κ1) is 14.5. The normalized spacial score (nSPS) is 11.0. The van der Waals surface area contributed by atoms with Gasteiger partial charge in [0.05, 0.1) is 18.5 Å². The van der Waals surface area contributed by atoms with Crippen molar-refractivity contribution >= 4 is 23.3 Å². The highest BCUT2D eigenvalue weighted by atomic mass is 32.2. The van der Waals surface area contributed by atoms with Gasteiger partial charge in [-0.05, 0) is 18.7 Å². The topological polar surface area (TPSA) is 98.2 Å². The summed E-state index contributed by atoms with van der Waals surface area (Å²) in [5.74, 6) is 1.38. The van der Waals surface area contributed by atoms with Crippen LogP contribution in [0.15, 0.2) is 23.1 Å². The lowest BCUT2D eigenvalue weighted by Gasteiger charge is -2.00. The van der Waals surface area contributed by atoms with Crippen molar-refractivity contribution in [1.82, 2.24) is 30.1 Å². The second kappa shape index (κ2) is 6.14. The molecule has 0 saturated carbocycles. The Kier molecular flexibility index (Phi) is 4.05. The van der Waals surface area contributed by atoms with Crippen LogP contribution in [0.4, 0.5) is 0 Å². The van der Waals surface area contributed by atoms with Gasteiger partial charge in [-0.2, -0.15) is 21.8 Å². The Morgan fingerprint density at radius 1 is 1.45 bits per heavy atom. The highest BCUT2D eigenvalue weighted by Gasteiger charge is 2.15. The van der Waals surface area contributed by atoms with Crippen LogP contribution in [0.3, 0.4) is 0 Å². The number of carbonyl (C=O) groups excluding carboxylic acids is 1. The van der Waals surface area contributed by atoms with Crippen molar-refractivity contribution in [2.45, 2.75) is 19.2 Å². The SMILES string of the molecule is CSCc1noc(CNC(=O)c2cnn3cc(C)cnc23)n1. The smallest absolute Gasteiger partial charge is 0.257 e. The molecule has 3 rings (SSSR count). The van der Waals surface area contributed by atoms with Crippen molar-refractivity contribution in [2.24, 2.45) is 0 Å². The van der Waals surface area contributed by atoms with E-state index in [-0.39, 0.29) is 12.5 Å². The molecule has 3 heterocycles. The molecular weight excluding hydrogens is 304 g/mol. The van der Waals surface area contributed by atoms with Gasteiger partial charge in [-0.25, -0.2) is 9.50 Å². The van der Waals surface area contributed by atoms with E-state index in [0.717, 1.165) is 5.56 Å². The molecule has 0 aliphatic carbocycles. The van der Waals surface area contributed by atoms with E-state index in [9.17, 15) is 4.79 Å². The Morgan fingerprint density at radius 3 is 3.14 bits per heavy atom. The summed E-state index contributed by atoms with van der Waals surface area (Å²) < 4.78 is 6.64. The molecule has 0 aliphatic heterocycles. The van der Waals surface area contributed by atoms with Gasteiger partial charge in [0.25, 0.3) is 5.91 Å². The number of aryl methyl sites for hydroxylation is 1. The maximum absolute atomic E-state index is 12.2. The molecule has 0 bridgehead atoms. The Morgan fingerprint density at radius 2 is 2.32 bits per heavy atom. The summed E-state index contributed by atoms with van der Waals surface area (Å²) in [6.07, 6.45) is 6.95. The van der Waals surface area contributed by atoms with Gasteiger partial charge in [0.15, 0.2) is 11.5 Å². The van der Waals surface area contributed by atoms with Crippen molar-refractivity contribution in [2.75, 3.05) is 6.26 Å². The average Bonchev–Trinajstić information content (AvgIpc) is 3.11. The summed E-state index contributed by atoms with van der Waals surface area (Å²) in [7, 11) is 0.